The maximum absolute atomic E-state index is 11.9. The second-order valence-corrected chi connectivity index (χ2v) is 6.00. The Morgan fingerprint density at radius 1 is 1.27 bits per heavy atom. The molecule has 0 saturated carbocycles. The average Bonchev–Trinajstić information content (AvgIpc) is 2.91. The molecule has 0 unspecified atom stereocenters. The third kappa shape index (κ3) is 3.32. The number of hydrogen-bond donors (Lipinski definition) is 4. The number of anilines is 1. The molecule has 0 aliphatic carbocycles. The van der Waals surface area contributed by atoms with Crippen molar-refractivity contribution in [1.29, 1.82) is 0 Å². The maximum atomic E-state index is 11.9. The third-order valence-corrected chi connectivity index (χ3v) is 4.26. The molecule has 0 radical (unpaired) electrons. The van der Waals surface area contributed by atoms with Gasteiger partial charge in [-0.2, -0.15) is 4.98 Å². The molecule has 5 N–H and O–H groups in total. The number of nitrogens with two attached hydrogens (primary N) is 1. The predicted molar refractivity (Wildman–Crippen MR) is 90.0 cm³/mol. The Morgan fingerprint density at radius 2 is 2.09 bits per heavy atom. The third-order valence-electron chi connectivity index (χ3n) is 3.25. The molecule has 0 fully saturated rings. The van der Waals surface area contributed by atoms with Gasteiger partial charge in [0.05, 0.1) is 5.39 Å². The van der Waals surface area contributed by atoms with Crippen LogP contribution in [0.2, 0.25) is 0 Å². The smallest absolute Gasteiger partial charge is 0.262 e. The lowest BCUT2D eigenvalue weighted by atomic mass is 10.2. The first-order valence-electron chi connectivity index (χ1n) is 6.98. The second-order valence-electron chi connectivity index (χ2n) is 4.83. The summed E-state index contributed by atoms with van der Waals surface area (Å²) in [4.78, 5) is 22.8. The normalized spacial score (nSPS) is 11.1. The van der Waals surface area contributed by atoms with E-state index in [0.29, 0.717) is 17.6 Å². The second kappa shape index (κ2) is 6.67. The van der Waals surface area contributed by atoms with Crippen molar-refractivity contribution in [2.24, 2.45) is 0 Å². The quantitative estimate of drug-likeness (QED) is 0.410. The Bertz CT molecular complexity index is 812. The monoisotopic (exact) mass is 315 g/mol. The number of thioether (sulfide) groups is 1. The summed E-state index contributed by atoms with van der Waals surface area (Å²) >= 11 is 1.80. The number of hydrogen-bond acceptors (Lipinski definition) is 5. The van der Waals surface area contributed by atoms with Crippen molar-refractivity contribution in [2.75, 3.05) is 18.0 Å². The molecule has 0 saturated heterocycles. The van der Waals surface area contributed by atoms with Gasteiger partial charge in [-0.3, -0.25) is 9.78 Å². The van der Waals surface area contributed by atoms with Crippen LogP contribution in [-0.4, -0.2) is 27.2 Å². The van der Waals surface area contributed by atoms with Crippen molar-refractivity contribution in [2.45, 2.75) is 11.4 Å². The van der Waals surface area contributed by atoms with Crippen LogP contribution >= 0.6 is 11.8 Å². The van der Waals surface area contributed by atoms with Crippen LogP contribution in [0.25, 0.3) is 11.0 Å². The topological polar surface area (TPSA) is 99.6 Å². The Kier molecular flexibility index (Phi) is 4.45. The lowest BCUT2D eigenvalue weighted by Crippen LogP contribution is -2.18. The minimum atomic E-state index is -0.209. The largest absolute Gasteiger partial charge is 0.369 e. The zero-order valence-corrected chi connectivity index (χ0v) is 12.7. The van der Waals surface area contributed by atoms with Crippen molar-refractivity contribution in [3.63, 3.8) is 0 Å². The highest BCUT2D eigenvalue weighted by Crippen LogP contribution is 2.16. The molecule has 6 nitrogen and oxygen atoms in total. The molecule has 2 aromatic heterocycles. The van der Waals surface area contributed by atoms with E-state index in [4.69, 9.17) is 5.73 Å². The molecule has 0 amide bonds. The summed E-state index contributed by atoms with van der Waals surface area (Å²) < 4.78 is 0. The van der Waals surface area contributed by atoms with Gasteiger partial charge in [0.25, 0.3) is 5.56 Å². The molecule has 0 atom stereocenters. The molecule has 0 spiro atoms. The van der Waals surface area contributed by atoms with Crippen LogP contribution in [0.4, 0.5) is 5.95 Å². The van der Waals surface area contributed by atoms with Crippen molar-refractivity contribution in [3.8, 4) is 0 Å². The van der Waals surface area contributed by atoms with Crippen LogP contribution in [0, 0.1) is 0 Å². The number of nitrogens with zero attached hydrogens (tertiary/aromatic N) is 1. The Hall–Kier alpha value is -2.25. The number of benzene rings is 1. The lowest BCUT2D eigenvalue weighted by Gasteiger charge is -2.04. The highest BCUT2D eigenvalue weighted by Gasteiger charge is 2.09. The van der Waals surface area contributed by atoms with E-state index in [1.165, 1.54) is 4.90 Å². The molecule has 7 heteroatoms. The van der Waals surface area contributed by atoms with Gasteiger partial charge in [0.15, 0.2) is 0 Å². The fourth-order valence-corrected chi connectivity index (χ4v) is 3.07. The van der Waals surface area contributed by atoms with Gasteiger partial charge in [-0.25, -0.2) is 0 Å². The van der Waals surface area contributed by atoms with Crippen LogP contribution in [0.3, 0.4) is 0 Å². The lowest BCUT2D eigenvalue weighted by molar-refractivity contribution is 0.735. The number of aromatic nitrogens is 3. The van der Waals surface area contributed by atoms with Gasteiger partial charge >= 0.3 is 0 Å². The molecule has 3 rings (SSSR count). The molecular formula is C15H17N5OS. The van der Waals surface area contributed by atoms with E-state index < -0.39 is 0 Å². The number of fused-ring (bicyclic) bond motifs is 1. The molecule has 2 heterocycles. The number of rotatable bonds is 6. The number of H-pyrrole nitrogens is 2. The molecule has 0 aliphatic rings. The molecular weight excluding hydrogens is 298 g/mol. The van der Waals surface area contributed by atoms with Crippen LogP contribution in [-0.2, 0) is 6.54 Å². The summed E-state index contributed by atoms with van der Waals surface area (Å²) in [5.41, 5.74) is 6.74. The SMILES string of the molecule is Nc1nc2[nH]cc(CNCCSc3ccccc3)c2c(=O)[nH]1. The van der Waals surface area contributed by atoms with E-state index in [1.54, 1.807) is 18.0 Å². The van der Waals surface area contributed by atoms with E-state index in [-0.39, 0.29) is 11.5 Å². The predicted octanol–water partition coefficient (Wildman–Crippen LogP) is 1.72. The number of nitrogens with one attached hydrogen (secondary N) is 3. The van der Waals surface area contributed by atoms with Gasteiger partial charge in [-0.15, -0.1) is 11.8 Å². The molecule has 114 valence electrons. The first-order chi connectivity index (χ1) is 10.7. The van der Waals surface area contributed by atoms with Crippen LogP contribution in [0.5, 0.6) is 0 Å². The fourth-order valence-electron chi connectivity index (χ4n) is 2.24. The summed E-state index contributed by atoms with van der Waals surface area (Å²) in [7, 11) is 0. The summed E-state index contributed by atoms with van der Waals surface area (Å²) in [5, 5.41) is 3.91. The van der Waals surface area contributed by atoms with Gasteiger partial charge in [0, 0.05) is 29.9 Å². The molecule has 0 aliphatic heterocycles. The maximum Gasteiger partial charge on any atom is 0.262 e. The average molecular weight is 315 g/mol. The highest BCUT2D eigenvalue weighted by atomic mass is 32.2. The Morgan fingerprint density at radius 3 is 2.91 bits per heavy atom. The minimum Gasteiger partial charge on any atom is -0.369 e. The highest BCUT2D eigenvalue weighted by molar-refractivity contribution is 7.99. The zero-order chi connectivity index (χ0) is 15.4. The zero-order valence-electron chi connectivity index (χ0n) is 11.9. The standard InChI is InChI=1S/C15H17N5OS/c16-15-19-13-12(14(21)20-15)10(9-18-13)8-17-6-7-22-11-4-2-1-3-5-11/h1-5,9,17H,6-8H2,(H4,16,18,19,20,21). The van der Waals surface area contributed by atoms with Gasteiger partial charge in [0.2, 0.25) is 5.95 Å². The van der Waals surface area contributed by atoms with Crippen LogP contribution < -0.4 is 16.6 Å². The van der Waals surface area contributed by atoms with Crippen molar-refractivity contribution >= 4 is 28.7 Å². The van der Waals surface area contributed by atoms with Gasteiger partial charge in [-0.1, -0.05) is 18.2 Å². The Balaban J connectivity index is 1.55. The van der Waals surface area contributed by atoms with E-state index in [1.807, 2.05) is 18.2 Å². The molecule has 1 aromatic carbocycles. The van der Waals surface area contributed by atoms with Crippen LogP contribution in [0.1, 0.15) is 5.56 Å². The fraction of sp³-hybridized carbons (Fsp3) is 0.200. The van der Waals surface area contributed by atoms with E-state index in [0.717, 1.165) is 17.9 Å². The molecule has 3 aromatic rings. The Labute approximate surface area is 131 Å². The van der Waals surface area contributed by atoms with Gasteiger partial charge in [-0.05, 0) is 17.7 Å². The number of aromatic amines is 2. The summed E-state index contributed by atoms with van der Waals surface area (Å²) in [5.74, 6) is 1.09. The molecule has 22 heavy (non-hydrogen) atoms. The molecule has 0 bridgehead atoms. The van der Waals surface area contributed by atoms with Crippen molar-refractivity contribution in [3.05, 3.63) is 52.4 Å². The van der Waals surface area contributed by atoms with Gasteiger partial charge in [0.1, 0.15) is 5.65 Å². The first-order valence-corrected chi connectivity index (χ1v) is 7.97. The first kappa shape index (κ1) is 14.7. The summed E-state index contributed by atoms with van der Waals surface area (Å²) in [6.07, 6.45) is 1.80. The summed E-state index contributed by atoms with van der Waals surface area (Å²) in [6.45, 7) is 1.47. The van der Waals surface area contributed by atoms with Crippen molar-refractivity contribution in [1.82, 2.24) is 20.3 Å². The van der Waals surface area contributed by atoms with E-state index in [9.17, 15) is 4.79 Å². The van der Waals surface area contributed by atoms with E-state index in [2.05, 4.69) is 32.4 Å². The number of nitrogen functional groups attached to an aromatic ring is 1. The van der Waals surface area contributed by atoms with Crippen LogP contribution in [0.15, 0.2) is 46.2 Å². The summed E-state index contributed by atoms with van der Waals surface area (Å²) in [6, 6.07) is 10.3. The minimum absolute atomic E-state index is 0.123. The van der Waals surface area contributed by atoms with Gasteiger partial charge < -0.3 is 16.0 Å². The van der Waals surface area contributed by atoms with Crippen molar-refractivity contribution < 1.29 is 0 Å². The van der Waals surface area contributed by atoms with E-state index >= 15 is 0 Å².